The summed E-state index contributed by atoms with van der Waals surface area (Å²) in [6, 6.07) is 3.54. The summed E-state index contributed by atoms with van der Waals surface area (Å²) in [6.07, 6.45) is 7.23. The van der Waals surface area contributed by atoms with Gasteiger partial charge in [-0.3, -0.25) is 14.6 Å². The van der Waals surface area contributed by atoms with E-state index in [2.05, 4.69) is 10.3 Å². The number of carbonyl (C=O) groups excluding carboxylic acids is 2. The van der Waals surface area contributed by atoms with Gasteiger partial charge in [-0.25, -0.2) is 0 Å². The molecule has 5 nitrogen and oxygen atoms in total. The number of pyridine rings is 1. The molecular formula is C17H23N3O2. The molecule has 0 radical (unpaired) electrons. The molecule has 2 amide bonds. The van der Waals surface area contributed by atoms with Gasteiger partial charge in [-0.05, 0) is 44.4 Å². The minimum atomic E-state index is -0.424. The number of likely N-dealkylation sites (tertiary alicyclic amines) is 1. The predicted molar refractivity (Wildman–Crippen MR) is 82.8 cm³/mol. The molecule has 1 spiro atoms. The van der Waals surface area contributed by atoms with Gasteiger partial charge in [-0.1, -0.05) is 12.8 Å². The molecule has 1 aromatic heterocycles. The molecule has 2 aliphatic rings. The first-order chi connectivity index (χ1) is 10.6. The highest BCUT2D eigenvalue weighted by atomic mass is 16.2. The average Bonchev–Trinajstić information content (AvgIpc) is 3.02. The molecule has 118 valence electrons. The third-order valence-electron chi connectivity index (χ3n) is 4.98. The van der Waals surface area contributed by atoms with Gasteiger partial charge in [-0.2, -0.15) is 0 Å². The van der Waals surface area contributed by atoms with E-state index >= 15 is 0 Å². The van der Waals surface area contributed by atoms with E-state index in [1.54, 1.807) is 17.3 Å². The van der Waals surface area contributed by atoms with Crippen LogP contribution in [0.1, 0.15) is 45.1 Å². The summed E-state index contributed by atoms with van der Waals surface area (Å²) in [4.78, 5) is 31.0. The van der Waals surface area contributed by atoms with Crippen molar-refractivity contribution in [2.24, 2.45) is 5.41 Å². The lowest BCUT2D eigenvalue weighted by Crippen LogP contribution is -2.74. The van der Waals surface area contributed by atoms with Crippen LogP contribution in [0.5, 0.6) is 0 Å². The molecule has 22 heavy (non-hydrogen) atoms. The van der Waals surface area contributed by atoms with Crippen LogP contribution in [0, 0.1) is 5.41 Å². The second-order valence-electron chi connectivity index (χ2n) is 6.65. The maximum Gasteiger partial charge on any atom is 0.244 e. The zero-order chi connectivity index (χ0) is 15.7. The fourth-order valence-corrected chi connectivity index (χ4v) is 3.88. The number of aromatic nitrogens is 1. The molecule has 1 unspecified atom stereocenters. The Labute approximate surface area is 131 Å². The second kappa shape index (κ2) is 5.71. The molecule has 1 aliphatic carbocycles. The molecular weight excluding hydrogens is 278 g/mol. The van der Waals surface area contributed by atoms with Gasteiger partial charge < -0.3 is 10.2 Å². The molecule has 5 heteroatoms. The number of hydrogen-bond acceptors (Lipinski definition) is 3. The topological polar surface area (TPSA) is 62.3 Å². The van der Waals surface area contributed by atoms with Crippen LogP contribution in [-0.4, -0.2) is 33.8 Å². The molecule has 0 aromatic carbocycles. The summed E-state index contributed by atoms with van der Waals surface area (Å²) in [7, 11) is 0. The summed E-state index contributed by atoms with van der Waals surface area (Å²) < 4.78 is 0. The molecule has 2 heterocycles. The van der Waals surface area contributed by atoms with Crippen LogP contribution in [0.4, 0.5) is 0 Å². The smallest absolute Gasteiger partial charge is 0.244 e. The summed E-state index contributed by atoms with van der Waals surface area (Å²) in [5.74, 6) is 0.149. The molecule has 3 rings (SSSR count). The first-order valence-electron chi connectivity index (χ1n) is 8.05. The van der Waals surface area contributed by atoms with Gasteiger partial charge in [0.25, 0.3) is 0 Å². The molecule has 2 fully saturated rings. The SMILES string of the molecule is CC(C)N1C(=O)C2(CCCC2)C1C(=O)NCc1ccncc1. The van der Waals surface area contributed by atoms with Gasteiger partial charge >= 0.3 is 0 Å². The van der Waals surface area contributed by atoms with Gasteiger partial charge in [0.1, 0.15) is 6.04 Å². The van der Waals surface area contributed by atoms with Crippen LogP contribution < -0.4 is 5.32 Å². The van der Waals surface area contributed by atoms with Crippen molar-refractivity contribution in [1.29, 1.82) is 0 Å². The van der Waals surface area contributed by atoms with E-state index in [4.69, 9.17) is 0 Å². The maximum atomic E-state index is 12.7. The number of nitrogens with zero attached hydrogens (tertiary/aromatic N) is 2. The zero-order valence-corrected chi connectivity index (χ0v) is 13.2. The van der Waals surface area contributed by atoms with E-state index in [0.29, 0.717) is 6.54 Å². The molecule has 1 saturated heterocycles. The van der Waals surface area contributed by atoms with Crippen molar-refractivity contribution in [1.82, 2.24) is 15.2 Å². The van der Waals surface area contributed by atoms with Crippen LogP contribution in [0.25, 0.3) is 0 Å². The van der Waals surface area contributed by atoms with E-state index in [0.717, 1.165) is 31.2 Å². The third kappa shape index (κ3) is 2.28. The number of hydrogen-bond donors (Lipinski definition) is 1. The first kappa shape index (κ1) is 15.0. The highest BCUT2D eigenvalue weighted by Crippen LogP contribution is 2.52. The molecule has 1 aliphatic heterocycles. The Hall–Kier alpha value is -1.91. The van der Waals surface area contributed by atoms with Crippen molar-refractivity contribution in [3.63, 3.8) is 0 Å². The second-order valence-corrected chi connectivity index (χ2v) is 6.65. The van der Waals surface area contributed by atoms with Crippen LogP contribution in [0.3, 0.4) is 0 Å². The van der Waals surface area contributed by atoms with Crippen molar-refractivity contribution in [2.75, 3.05) is 0 Å². The minimum absolute atomic E-state index is 0.0213. The Bertz CT molecular complexity index is 565. The van der Waals surface area contributed by atoms with Gasteiger partial charge in [0.15, 0.2) is 0 Å². The van der Waals surface area contributed by atoms with E-state index in [-0.39, 0.29) is 23.9 Å². The number of nitrogens with one attached hydrogen (secondary N) is 1. The number of carbonyl (C=O) groups is 2. The van der Waals surface area contributed by atoms with Crippen molar-refractivity contribution in [3.8, 4) is 0 Å². The Morgan fingerprint density at radius 3 is 2.59 bits per heavy atom. The standard InChI is InChI=1S/C17H23N3O2/c1-12(2)20-14(17(16(20)22)7-3-4-8-17)15(21)19-11-13-5-9-18-10-6-13/h5-6,9-10,12,14H,3-4,7-8,11H2,1-2H3,(H,19,21). The average molecular weight is 301 g/mol. The Kier molecular flexibility index (Phi) is 3.89. The maximum absolute atomic E-state index is 12.7. The normalized spacial score (nSPS) is 23.0. The molecule has 1 N–H and O–H groups in total. The van der Waals surface area contributed by atoms with E-state index in [1.165, 1.54) is 0 Å². The first-order valence-corrected chi connectivity index (χ1v) is 8.05. The fraction of sp³-hybridized carbons (Fsp3) is 0.588. The van der Waals surface area contributed by atoms with Crippen molar-refractivity contribution >= 4 is 11.8 Å². The van der Waals surface area contributed by atoms with E-state index < -0.39 is 5.41 Å². The van der Waals surface area contributed by atoms with Gasteiger partial charge in [0, 0.05) is 25.0 Å². The summed E-state index contributed by atoms with van der Waals surface area (Å²) in [5, 5.41) is 3.00. The summed E-state index contributed by atoms with van der Waals surface area (Å²) in [5.41, 5.74) is 0.595. The largest absolute Gasteiger partial charge is 0.350 e. The van der Waals surface area contributed by atoms with Crippen molar-refractivity contribution in [2.45, 2.75) is 58.2 Å². The van der Waals surface area contributed by atoms with E-state index in [9.17, 15) is 9.59 Å². The Balaban J connectivity index is 1.72. The highest BCUT2D eigenvalue weighted by molar-refractivity contribution is 6.02. The molecule has 1 atom stereocenters. The molecule has 0 bridgehead atoms. The third-order valence-corrected chi connectivity index (χ3v) is 4.98. The van der Waals surface area contributed by atoms with Crippen LogP contribution in [0.2, 0.25) is 0 Å². The molecule has 1 aromatic rings. The van der Waals surface area contributed by atoms with Gasteiger partial charge in [-0.15, -0.1) is 0 Å². The zero-order valence-electron chi connectivity index (χ0n) is 13.2. The number of rotatable bonds is 4. The van der Waals surface area contributed by atoms with Crippen LogP contribution in [-0.2, 0) is 16.1 Å². The molecule has 1 saturated carbocycles. The number of β-lactam (4-membered cyclic amide) rings is 1. The number of amides is 2. The summed E-state index contributed by atoms with van der Waals surface area (Å²) >= 11 is 0. The Morgan fingerprint density at radius 2 is 2.00 bits per heavy atom. The minimum Gasteiger partial charge on any atom is -0.350 e. The van der Waals surface area contributed by atoms with Crippen molar-refractivity contribution in [3.05, 3.63) is 30.1 Å². The van der Waals surface area contributed by atoms with Crippen molar-refractivity contribution < 1.29 is 9.59 Å². The van der Waals surface area contributed by atoms with Crippen LogP contribution >= 0.6 is 0 Å². The fourth-order valence-electron chi connectivity index (χ4n) is 3.88. The van der Waals surface area contributed by atoms with Gasteiger partial charge in [0.2, 0.25) is 11.8 Å². The van der Waals surface area contributed by atoms with E-state index in [1.807, 2.05) is 26.0 Å². The highest BCUT2D eigenvalue weighted by Gasteiger charge is 2.64. The lowest BCUT2D eigenvalue weighted by Gasteiger charge is -2.55. The quantitative estimate of drug-likeness (QED) is 0.864. The monoisotopic (exact) mass is 301 g/mol. The summed E-state index contributed by atoms with van der Waals surface area (Å²) in [6.45, 7) is 4.43. The van der Waals surface area contributed by atoms with Crippen LogP contribution in [0.15, 0.2) is 24.5 Å². The van der Waals surface area contributed by atoms with Gasteiger partial charge in [0.05, 0.1) is 5.41 Å². The lowest BCUT2D eigenvalue weighted by molar-refractivity contribution is -0.181. The Morgan fingerprint density at radius 1 is 1.36 bits per heavy atom. The lowest BCUT2D eigenvalue weighted by atomic mass is 9.68. The predicted octanol–water partition coefficient (Wildman–Crippen LogP) is 1.88.